The predicted octanol–water partition coefficient (Wildman–Crippen LogP) is 3.58. The molecule has 0 bridgehead atoms. The van der Waals surface area contributed by atoms with Crippen molar-refractivity contribution in [2.75, 3.05) is 5.32 Å². The van der Waals surface area contributed by atoms with Gasteiger partial charge in [0.05, 0.1) is 17.9 Å². The van der Waals surface area contributed by atoms with Crippen LogP contribution in [0.15, 0.2) is 73.2 Å². The van der Waals surface area contributed by atoms with Crippen LogP contribution in [0.3, 0.4) is 0 Å². The maximum absolute atomic E-state index is 12.3. The van der Waals surface area contributed by atoms with Crippen molar-refractivity contribution in [3.8, 4) is 0 Å². The summed E-state index contributed by atoms with van der Waals surface area (Å²) in [5, 5.41) is 6.22. The van der Waals surface area contributed by atoms with Gasteiger partial charge in [-0.25, -0.2) is 4.98 Å². The van der Waals surface area contributed by atoms with Gasteiger partial charge >= 0.3 is 0 Å². The van der Waals surface area contributed by atoms with Gasteiger partial charge in [0, 0.05) is 18.9 Å². The normalized spacial score (nSPS) is 11.6. The van der Waals surface area contributed by atoms with Gasteiger partial charge in [-0.2, -0.15) is 0 Å². The number of nitrogens with zero attached hydrogens (tertiary/aromatic N) is 2. The molecule has 1 unspecified atom stereocenters. The molecule has 0 aliphatic carbocycles. The summed E-state index contributed by atoms with van der Waals surface area (Å²) >= 11 is 0. The second-order valence-corrected chi connectivity index (χ2v) is 5.75. The molecular weight excluding hydrogens is 312 g/mol. The third kappa shape index (κ3) is 4.64. The second kappa shape index (κ2) is 8.06. The van der Waals surface area contributed by atoms with Crippen LogP contribution in [0.2, 0.25) is 0 Å². The third-order valence-electron chi connectivity index (χ3n) is 3.86. The van der Waals surface area contributed by atoms with E-state index >= 15 is 0 Å². The Labute approximate surface area is 147 Å². The number of aromatic nitrogens is 2. The monoisotopic (exact) mass is 332 g/mol. The van der Waals surface area contributed by atoms with E-state index in [4.69, 9.17) is 0 Å². The number of carbonyl (C=O) groups is 1. The first kappa shape index (κ1) is 16.6. The highest BCUT2D eigenvalue weighted by Gasteiger charge is 2.12. The van der Waals surface area contributed by atoms with Gasteiger partial charge in [0.1, 0.15) is 5.69 Å². The first-order valence-corrected chi connectivity index (χ1v) is 8.17. The van der Waals surface area contributed by atoms with E-state index in [0.29, 0.717) is 12.2 Å². The molecule has 0 fully saturated rings. The molecule has 3 rings (SSSR count). The van der Waals surface area contributed by atoms with E-state index in [9.17, 15) is 4.79 Å². The summed E-state index contributed by atoms with van der Waals surface area (Å²) in [5.74, 6) is -0.185. The zero-order chi connectivity index (χ0) is 17.5. The Balaban J connectivity index is 1.57. The summed E-state index contributed by atoms with van der Waals surface area (Å²) < 4.78 is 0. The highest BCUT2D eigenvalue weighted by Crippen LogP contribution is 2.13. The summed E-state index contributed by atoms with van der Waals surface area (Å²) in [6.45, 7) is 2.61. The molecule has 0 radical (unpaired) electrons. The van der Waals surface area contributed by atoms with Crippen LogP contribution in [-0.4, -0.2) is 15.9 Å². The van der Waals surface area contributed by atoms with Gasteiger partial charge in [-0.05, 0) is 36.2 Å². The lowest BCUT2D eigenvalue weighted by molar-refractivity contribution is 0.0935. The van der Waals surface area contributed by atoms with Crippen molar-refractivity contribution in [2.45, 2.75) is 19.5 Å². The van der Waals surface area contributed by atoms with Crippen molar-refractivity contribution in [1.29, 1.82) is 0 Å². The van der Waals surface area contributed by atoms with Crippen molar-refractivity contribution in [2.24, 2.45) is 0 Å². The summed E-state index contributed by atoms with van der Waals surface area (Å²) in [5.41, 5.74) is 3.40. The quantitative estimate of drug-likeness (QED) is 0.724. The SMILES string of the molecule is CC(NC(=O)c1ccc(NCc2cccnc2)cn1)c1ccccc1. The molecule has 3 aromatic rings. The molecule has 0 saturated carbocycles. The molecule has 0 aliphatic rings. The molecule has 0 spiro atoms. The molecule has 2 heterocycles. The molecule has 2 N–H and O–H groups in total. The average molecular weight is 332 g/mol. The fourth-order valence-electron chi connectivity index (χ4n) is 2.44. The minimum atomic E-state index is -0.185. The smallest absolute Gasteiger partial charge is 0.270 e. The van der Waals surface area contributed by atoms with Crippen molar-refractivity contribution >= 4 is 11.6 Å². The summed E-state index contributed by atoms with van der Waals surface area (Å²) in [6.07, 6.45) is 5.22. The number of benzene rings is 1. The highest BCUT2D eigenvalue weighted by atomic mass is 16.1. The largest absolute Gasteiger partial charge is 0.380 e. The molecule has 1 atom stereocenters. The lowest BCUT2D eigenvalue weighted by atomic mass is 10.1. The first-order chi connectivity index (χ1) is 12.2. The minimum absolute atomic E-state index is 0.0705. The zero-order valence-corrected chi connectivity index (χ0v) is 14.0. The number of pyridine rings is 2. The van der Waals surface area contributed by atoms with Crippen LogP contribution in [0.5, 0.6) is 0 Å². The van der Waals surface area contributed by atoms with Crippen LogP contribution in [-0.2, 0) is 6.54 Å². The van der Waals surface area contributed by atoms with Crippen LogP contribution in [0.4, 0.5) is 5.69 Å². The standard InChI is InChI=1S/C20H20N4O/c1-15(17-7-3-2-4-8-17)24-20(25)19-10-9-18(14-23-19)22-13-16-6-5-11-21-12-16/h2-12,14-15,22H,13H2,1H3,(H,24,25). The van der Waals surface area contributed by atoms with Gasteiger partial charge in [0.15, 0.2) is 0 Å². The Morgan fingerprint density at radius 1 is 1.04 bits per heavy atom. The molecule has 0 aliphatic heterocycles. The van der Waals surface area contributed by atoms with E-state index < -0.39 is 0 Å². The summed E-state index contributed by atoms with van der Waals surface area (Å²) in [6, 6.07) is 17.3. The van der Waals surface area contributed by atoms with Crippen LogP contribution in [0.1, 0.15) is 34.6 Å². The van der Waals surface area contributed by atoms with Gasteiger partial charge in [-0.3, -0.25) is 9.78 Å². The number of nitrogens with one attached hydrogen (secondary N) is 2. The number of hydrogen-bond acceptors (Lipinski definition) is 4. The average Bonchev–Trinajstić information content (AvgIpc) is 2.68. The molecule has 2 aromatic heterocycles. The lowest BCUT2D eigenvalue weighted by Crippen LogP contribution is -2.27. The lowest BCUT2D eigenvalue weighted by Gasteiger charge is -2.14. The summed E-state index contributed by atoms with van der Waals surface area (Å²) in [4.78, 5) is 20.6. The predicted molar refractivity (Wildman–Crippen MR) is 98.1 cm³/mol. The Morgan fingerprint density at radius 2 is 1.88 bits per heavy atom. The highest BCUT2D eigenvalue weighted by molar-refractivity contribution is 5.92. The minimum Gasteiger partial charge on any atom is -0.380 e. The van der Waals surface area contributed by atoms with E-state index in [-0.39, 0.29) is 11.9 Å². The molecule has 126 valence electrons. The summed E-state index contributed by atoms with van der Waals surface area (Å²) in [7, 11) is 0. The molecule has 1 aromatic carbocycles. The number of carbonyl (C=O) groups excluding carboxylic acids is 1. The van der Waals surface area contributed by atoms with E-state index in [1.54, 1.807) is 18.5 Å². The molecule has 25 heavy (non-hydrogen) atoms. The van der Waals surface area contributed by atoms with E-state index in [1.807, 2.05) is 61.7 Å². The van der Waals surface area contributed by atoms with Crippen LogP contribution >= 0.6 is 0 Å². The maximum Gasteiger partial charge on any atom is 0.270 e. The van der Waals surface area contributed by atoms with E-state index in [0.717, 1.165) is 16.8 Å². The van der Waals surface area contributed by atoms with Crippen LogP contribution in [0, 0.1) is 0 Å². The molecule has 5 nitrogen and oxygen atoms in total. The Bertz CT molecular complexity index is 804. The Morgan fingerprint density at radius 3 is 2.56 bits per heavy atom. The maximum atomic E-state index is 12.3. The molecule has 5 heteroatoms. The van der Waals surface area contributed by atoms with Crippen molar-refractivity contribution in [1.82, 2.24) is 15.3 Å². The van der Waals surface area contributed by atoms with Crippen LogP contribution in [0.25, 0.3) is 0 Å². The van der Waals surface area contributed by atoms with Gasteiger partial charge in [0.2, 0.25) is 0 Å². The Hall–Kier alpha value is -3.21. The number of amides is 1. The van der Waals surface area contributed by atoms with Crippen LogP contribution < -0.4 is 10.6 Å². The van der Waals surface area contributed by atoms with Crippen molar-refractivity contribution < 1.29 is 4.79 Å². The van der Waals surface area contributed by atoms with Gasteiger partial charge in [0.25, 0.3) is 5.91 Å². The molecular formula is C20H20N4O. The molecule has 0 saturated heterocycles. The van der Waals surface area contributed by atoms with Gasteiger partial charge in [-0.1, -0.05) is 36.4 Å². The fourth-order valence-corrected chi connectivity index (χ4v) is 2.44. The van der Waals surface area contributed by atoms with Crippen molar-refractivity contribution in [3.05, 3.63) is 90.0 Å². The van der Waals surface area contributed by atoms with Gasteiger partial charge in [-0.15, -0.1) is 0 Å². The number of rotatable bonds is 6. The second-order valence-electron chi connectivity index (χ2n) is 5.75. The number of anilines is 1. The van der Waals surface area contributed by atoms with Gasteiger partial charge < -0.3 is 10.6 Å². The zero-order valence-electron chi connectivity index (χ0n) is 14.0. The van der Waals surface area contributed by atoms with Crippen molar-refractivity contribution in [3.63, 3.8) is 0 Å². The third-order valence-corrected chi connectivity index (χ3v) is 3.86. The number of hydrogen-bond donors (Lipinski definition) is 2. The van der Waals surface area contributed by atoms with E-state index in [2.05, 4.69) is 20.6 Å². The topological polar surface area (TPSA) is 66.9 Å². The fraction of sp³-hybridized carbons (Fsp3) is 0.150. The van der Waals surface area contributed by atoms with E-state index in [1.165, 1.54) is 0 Å². The Kier molecular flexibility index (Phi) is 5.36. The first-order valence-electron chi connectivity index (χ1n) is 8.17. The molecule has 1 amide bonds.